The van der Waals surface area contributed by atoms with Gasteiger partial charge in [-0.3, -0.25) is 0 Å². The van der Waals surface area contributed by atoms with E-state index in [2.05, 4.69) is 63.7 Å². The summed E-state index contributed by atoms with van der Waals surface area (Å²) in [5, 5.41) is 3.70. The number of rotatable bonds is 9. The van der Waals surface area contributed by atoms with E-state index in [4.69, 9.17) is 14.2 Å². The van der Waals surface area contributed by atoms with E-state index in [9.17, 15) is 9.59 Å². The van der Waals surface area contributed by atoms with Crippen LogP contribution < -0.4 is 10.1 Å². The first-order valence-electron chi connectivity index (χ1n) is 12.1. The van der Waals surface area contributed by atoms with Crippen molar-refractivity contribution in [3.63, 3.8) is 0 Å². The number of hydrogen-bond donors (Lipinski definition) is 1. The first-order valence-corrected chi connectivity index (χ1v) is 13.7. The zero-order valence-electron chi connectivity index (χ0n) is 20.4. The summed E-state index contributed by atoms with van der Waals surface area (Å²) in [7, 11) is 1.32. The molecule has 0 spiro atoms. The predicted molar refractivity (Wildman–Crippen MR) is 146 cm³/mol. The van der Waals surface area contributed by atoms with Crippen molar-refractivity contribution in [1.82, 2.24) is 0 Å². The van der Waals surface area contributed by atoms with E-state index < -0.39 is 11.9 Å². The Labute approximate surface area is 224 Å². The predicted octanol–water partition coefficient (Wildman–Crippen LogP) is 7.04. The van der Waals surface area contributed by atoms with Gasteiger partial charge in [0.05, 0.1) is 23.1 Å². The number of hydrogen-bond acceptors (Lipinski definition) is 7. The SMILES string of the molecule is CCOC(=O)COc1c(C(=O)OC)sc(-c2cccc(NC3CCC(c4ccccc4)CC3)c2)c1Br. The van der Waals surface area contributed by atoms with Crippen LogP contribution in [0.3, 0.4) is 0 Å². The normalized spacial score (nSPS) is 17.3. The van der Waals surface area contributed by atoms with Gasteiger partial charge in [-0.05, 0) is 77.7 Å². The standard InChI is InChI=1S/C28H30BrNO5S/c1-3-34-23(31)17-35-25-24(29)26(36-27(25)28(32)33-2)20-10-7-11-22(16-20)30-21-14-12-19(13-15-21)18-8-5-4-6-9-18/h4-11,16,19,21,30H,3,12-15,17H2,1-2H3. The summed E-state index contributed by atoms with van der Waals surface area (Å²) >= 11 is 4.85. The first kappa shape index (κ1) is 26.2. The topological polar surface area (TPSA) is 73.9 Å². The third-order valence-corrected chi connectivity index (χ3v) is 8.53. The van der Waals surface area contributed by atoms with Gasteiger partial charge < -0.3 is 19.5 Å². The van der Waals surface area contributed by atoms with Gasteiger partial charge in [0.25, 0.3) is 0 Å². The van der Waals surface area contributed by atoms with Crippen molar-refractivity contribution in [3.8, 4) is 16.2 Å². The molecule has 190 valence electrons. The summed E-state index contributed by atoms with van der Waals surface area (Å²) < 4.78 is 16.2. The number of esters is 2. The quantitative estimate of drug-likeness (QED) is 0.277. The Morgan fingerprint density at radius 3 is 2.50 bits per heavy atom. The third kappa shape index (κ3) is 6.28. The van der Waals surface area contributed by atoms with E-state index in [0.717, 1.165) is 29.0 Å². The summed E-state index contributed by atoms with van der Waals surface area (Å²) in [5.74, 6) is -0.105. The van der Waals surface area contributed by atoms with Gasteiger partial charge >= 0.3 is 11.9 Å². The van der Waals surface area contributed by atoms with Crippen LogP contribution in [-0.2, 0) is 14.3 Å². The molecule has 0 atom stereocenters. The Morgan fingerprint density at radius 2 is 1.81 bits per heavy atom. The average molecular weight is 573 g/mol. The molecule has 0 unspecified atom stereocenters. The monoisotopic (exact) mass is 571 g/mol. The van der Waals surface area contributed by atoms with Gasteiger partial charge in [0.15, 0.2) is 17.2 Å². The molecular weight excluding hydrogens is 542 g/mol. The van der Waals surface area contributed by atoms with Crippen molar-refractivity contribution in [2.24, 2.45) is 0 Å². The molecule has 4 rings (SSSR count). The number of benzene rings is 2. The minimum Gasteiger partial charge on any atom is -0.479 e. The number of ether oxygens (including phenoxy) is 3. The Morgan fingerprint density at radius 1 is 1.06 bits per heavy atom. The third-order valence-electron chi connectivity index (χ3n) is 6.31. The molecule has 1 heterocycles. The van der Waals surface area contributed by atoms with Gasteiger partial charge in [0, 0.05) is 11.7 Å². The van der Waals surface area contributed by atoms with Crippen molar-refractivity contribution in [1.29, 1.82) is 0 Å². The number of methoxy groups -OCH3 is 1. The van der Waals surface area contributed by atoms with Gasteiger partial charge in [-0.1, -0.05) is 42.5 Å². The number of carbonyl (C=O) groups excluding carboxylic acids is 2. The second kappa shape index (κ2) is 12.4. The summed E-state index contributed by atoms with van der Waals surface area (Å²) in [6, 6.07) is 19.3. The van der Waals surface area contributed by atoms with Crippen LogP contribution in [0, 0.1) is 0 Å². The van der Waals surface area contributed by atoms with E-state index >= 15 is 0 Å². The minimum absolute atomic E-state index is 0.260. The van der Waals surface area contributed by atoms with Crippen molar-refractivity contribution >= 4 is 44.9 Å². The molecule has 8 heteroatoms. The van der Waals surface area contributed by atoms with Crippen LogP contribution in [0.4, 0.5) is 5.69 Å². The van der Waals surface area contributed by atoms with Crippen molar-refractivity contribution < 1.29 is 23.8 Å². The lowest BCUT2D eigenvalue weighted by Gasteiger charge is -2.30. The van der Waals surface area contributed by atoms with Crippen LogP contribution in [0.5, 0.6) is 5.75 Å². The van der Waals surface area contributed by atoms with E-state index in [-0.39, 0.29) is 19.0 Å². The summed E-state index contributed by atoms with van der Waals surface area (Å²) in [6.45, 7) is 1.70. The number of halogens is 1. The van der Waals surface area contributed by atoms with Crippen molar-refractivity contribution in [2.45, 2.75) is 44.6 Å². The molecule has 1 aliphatic rings. The number of thiophene rings is 1. The lowest BCUT2D eigenvalue weighted by atomic mass is 9.82. The van der Waals surface area contributed by atoms with Crippen LogP contribution in [0.2, 0.25) is 0 Å². The highest BCUT2D eigenvalue weighted by Crippen LogP contribution is 2.46. The lowest BCUT2D eigenvalue weighted by molar-refractivity contribution is -0.145. The summed E-state index contributed by atoms with van der Waals surface area (Å²) in [4.78, 5) is 25.3. The smallest absolute Gasteiger partial charge is 0.351 e. The molecule has 0 saturated heterocycles. The lowest BCUT2D eigenvalue weighted by Crippen LogP contribution is -2.25. The number of carbonyl (C=O) groups is 2. The molecule has 3 aromatic rings. The second-order valence-electron chi connectivity index (χ2n) is 8.67. The Bertz CT molecular complexity index is 1190. The fraction of sp³-hybridized carbons (Fsp3) is 0.357. The van der Waals surface area contributed by atoms with Crippen LogP contribution in [0.1, 0.15) is 53.8 Å². The van der Waals surface area contributed by atoms with Crippen LogP contribution in [0.15, 0.2) is 59.1 Å². The molecule has 1 fully saturated rings. The molecule has 0 aliphatic heterocycles. The highest BCUT2D eigenvalue weighted by atomic mass is 79.9. The van der Waals surface area contributed by atoms with Crippen molar-refractivity contribution in [3.05, 3.63) is 69.5 Å². The molecule has 6 nitrogen and oxygen atoms in total. The Hall–Kier alpha value is -2.84. The van der Waals surface area contributed by atoms with Crippen LogP contribution >= 0.6 is 27.3 Å². The number of nitrogens with one attached hydrogen (secondary N) is 1. The molecule has 0 radical (unpaired) electrons. The fourth-order valence-corrected chi connectivity index (χ4v) is 6.52. The van der Waals surface area contributed by atoms with Gasteiger partial charge in [0.2, 0.25) is 0 Å². The van der Waals surface area contributed by atoms with E-state index in [1.807, 2.05) is 12.1 Å². The Balaban J connectivity index is 1.48. The highest BCUT2D eigenvalue weighted by molar-refractivity contribution is 9.10. The maximum Gasteiger partial charge on any atom is 0.351 e. The van der Waals surface area contributed by atoms with Gasteiger partial charge in [0.1, 0.15) is 0 Å². The summed E-state index contributed by atoms with van der Waals surface area (Å²) in [5.41, 5.74) is 3.40. The van der Waals surface area contributed by atoms with Gasteiger partial charge in [-0.25, -0.2) is 9.59 Å². The Kier molecular flexibility index (Phi) is 9.04. The molecule has 36 heavy (non-hydrogen) atoms. The van der Waals surface area contributed by atoms with Gasteiger partial charge in [-0.2, -0.15) is 0 Å². The molecule has 1 aliphatic carbocycles. The molecule has 0 amide bonds. The maximum atomic E-state index is 12.4. The summed E-state index contributed by atoms with van der Waals surface area (Å²) in [6.07, 6.45) is 4.57. The van der Waals surface area contributed by atoms with E-state index in [1.165, 1.54) is 36.9 Å². The molecule has 0 bridgehead atoms. The van der Waals surface area contributed by atoms with E-state index in [1.54, 1.807) is 6.92 Å². The molecule has 1 aromatic heterocycles. The van der Waals surface area contributed by atoms with E-state index in [0.29, 0.717) is 21.3 Å². The maximum absolute atomic E-state index is 12.4. The molecule has 1 N–H and O–H groups in total. The zero-order chi connectivity index (χ0) is 25.5. The van der Waals surface area contributed by atoms with Crippen molar-refractivity contribution in [2.75, 3.05) is 25.6 Å². The fourth-order valence-electron chi connectivity index (χ4n) is 4.55. The largest absolute Gasteiger partial charge is 0.479 e. The van der Waals surface area contributed by atoms with Crippen LogP contribution in [0.25, 0.3) is 10.4 Å². The first-order chi connectivity index (χ1) is 17.5. The molecule has 1 saturated carbocycles. The highest BCUT2D eigenvalue weighted by Gasteiger charge is 2.26. The minimum atomic E-state index is -0.518. The average Bonchev–Trinajstić information content (AvgIpc) is 3.24. The zero-order valence-corrected chi connectivity index (χ0v) is 22.8. The van der Waals surface area contributed by atoms with Crippen LogP contribution in [-0.4, -0.2) is 38.3 Å². The number of anilines is 1. The molecule has 2 aromatic carbocycles. The molecular formula is C28H30BrNO5S. The van der Waals surface area contributed by atoms with Gasteiger partial charge in [-0.15, -0.1) is 11.3 Å². The second-order valence-corrected chi connectivity index (χ2v) is 10.5.